The molecule has 2 bridgehead atoms. The summed E-state index contributed by atoms with van der Waals surface area (Å²) >= 11 is 6.09. The highest BCUT2D eigenvalue weighted by Gasteiger charge is 2.59. The summed E-state index contributed by atoms with van der Waals surface area (Å²) in [6.45, 7) is 3.61. The van der Waals surface area contributed by atoms with Crippen LogP contribution in [0, 0.1) is 11.2 Å². The van der Waals surface area contributed by atoms with E-state index in [0.29, 0.717) is 49.8 Å². The molecule has 1 aromatic carbocycles. The second kappa shape index (κ2) is 6.71. The molecule has 1 aromatic rings. The van der Waals surface area contributed by atoms with Crippen molar-refractivity contribution in [3.05, 3.63) is 28.5 Å². The molecule has 0 saturated heterocycles. The third-order valence-corrected chi connectivity index (χ3v) is 7.96. The van der Waals surface area contributed by atoms with Gasteiger partial charge in [-0.1, -0.05) is 11.6 Å². The number of nitrogens with two attached hydrogens (primary N) is 1. The lowest BCUT2D eigenvalue weighted by molar-refractivity contribution is 0.175. The average Bonchev–Trinajstić information content (AvgIpc) is 3.09. The van der Waals surface area contributed by atoms with Crippen molar-refractivity contribution >= 4 is 22.6 Å². The first kappa shape index (κ1) is 20.0. The summed E-state index contributed by atoms with van der Waals surface area (Å²) in [6.07, 6.45) is 3.17. The number of alkyl halides is 1. The normalized spacial score (nSPS) is 30.4. The molecule has 2 aliphatic rings. The predicted octanol–water partition coefficient (Wildman–Crippen LogP) is 5.03. The largest absolute Gasteiger partial charge is 0.497 e. The lowest BCUT2D eigenvalue weighted by Crippen LogP contribution is -2.38. The molecule has 146 valence electrons. The molecule has 2 N–H and O–H groups in total. The molecule has 1 unspecified atom stereocenters. The molecule has 0 heterocycles. The number of rotatable bonds is 6. The number of ether oxygens (including phenoxy) is 1. The van der Waals surface area contributed by atoms with E-state index in [1.54, 1.807) is 19.9 Å². The van der Waals surface area contributed by atoms with Crippen LogP contribution in [-0.4, -0.2) is 21.7 Å². The number of fused-ring (bicyclic) bond motifs is 2. The number of benzene rings is 1. The minimum absolute atomic E-state index is 0.0186. The summed E-state index contributed by atoms with van der Waals surface area (Å²) in [6, 6.07) is 3.08. The zero-order valence-electron chi connectivity index (χ0n) is 15.4. The van der Waals surface area contributed by atoms with Gasteiger partial charge in [0.2, 0.25) is 0 Å². The lowest BCUT2D eigenvalue weighted by atomic mass is 9.66. The summed E-state index contributed by atoms with van der Waals surface area (Å²) < 4.78 is 46.5. The fraction of sp³-hybridized carbons (Fsp3) is 0.684. The molecule has 26 heavy (non-hydrogen) atoms. The molecular formula is C19H26ClF2NO2S. The Hall–Kier alpha value is -0.720. The highest BCUT2D eigenvalue weighted by atomic mass is 35.5. The van der Waals surface area contributed by atoms with E-state index in [4.69, 9.17) is 21.5 Å². The van der Waals surface area contributed by atoms with E-state index in [2.05, 4.69) is 0 Å². The van der Waals surface area contributed by atoms with E-state index in [-0.39, 0.29) is 16.4 Å². The fourth-order valence-electron chi connectivity index (χ4n) is 4.84. The Morgan fingerprint density at radius 3 is 2.42 bits per heavy atom. The molecule has 7 heteroatoms. The Bertz CT molecular complexity index is 732. The molecule has 3 rings (SSSR count). The Kier molecular flexibility index (Phi) is 5.17. The Morgan fingerprint density at radius 2 is 1.96 bits per heavy atom. The van der Waals surface area contributed by atoms with Crippen LogP contribution in [-0.2, 0) is 11.0 Å². The Morgan fingerprint density at radius 1 is 1.35 bits per heavy atom. The summed E-state index contributed by atoms with van der Waals surface area (Å²) in [5.74, 6) is -0.367. The zero-order valence-corrected chi connectivity index (χ0v) is 17.0. The molecule has 2 fully saturated rings. The van der Waals surface area contributed by atoms with Crippen LogP contribution in [0.15, 0.2) is 12.1 Å². The molecule has 2 saturated carbocycles. The van der Waals surface area contributed by atoms with Gasteiger partial charge in [-0.05, 0) is 75.3 Å². The Labute approximate surface area is 161 Å². The number of halogens is 3. The van der Waals surface area contributed by atoms with Crippen LogP contribution in [0.4, 0.5) is 8.78 Å². The van der Waals surface area contributed by atoms with Gasteiger partial charge in [0.1, 0.15) is 17.2 Å². The Balaban J connectivity index is 2.11. The summed E-state index contributed by atoms with van der Waals surface area (Å²) in [5.41, 5.74) is -1.11. The first-order chi connectivity index (χ1) is 12.0. The third kappa shape index (κ3) is 3.40. The van der Waals surface area contributed by atoms with Gasteiger partial charge < -0.3 is 4.74 Å². The molecule has 3 nitrogen and oxygen atoms in total. The monoisotopic (exact) mass is 405 g/mol. The topological polar surface area (TPSA) is 52.3 Å². The predicted molar refractivity (Wildman–Crippen MR) is 101 cm³/mol. The molecule has 0 aliphatic heterocycles. The molecule has 2 aliphatic carbocycles. The molecule has 0 radical (unpaired) electrons. The fourth-order valence-corrected chi connectivity index (χ4v) is 5.39. The van der Waals surface area contributed by atoms with E-state index in [1.807, 2.05) is 0 Å². The highest BCUT2D eigenvalue weighted by molar-refractivity contribution is 7.84. The number of methoxy groups -OCH3 is 1. The van der Waals surface area contributed by atoms with Crippen molar-refractivity contribution in [2.45, 2.75) is 68.7 Å². The van der Waals surface area contributed by atoms with Gasteiger partial charge in [-0.3, -0.25) is 5.14 Å². The summed E-state index contributed by atoms with van der Waals surface area (Å²) in [7, 11) is -0.0897. The lowest BCUT2D eigenvalue weighted by Gasteiger charge is -2.40. The maximum Gasteiger partial charge on any atom is 0.145 e. The van der Waals surface area contributed by atoms with E-state index >= 15 is 4.39 Å². The van der Waals surface area contributed by atoms with Gasteiger partial charge in [0.05, 0.1) is 27.9 Å². The van der Waals surface area contributed by atoms with E-state index in [9.17, 15) is 8.60 Å². The van der Waals surface area contributed by atoms with Crippen LogP contribution >= 0.6 is 11.6 Å². The number of hydrogen-bond donors (Lipinski definition) is 1. The quantitative estimate of drug-likeness (QED) is 0.721. The molecule has 2 atom stereocenters. The second-order valence-electron chi connectivity index (χ2n) is 8.52. The summed E-state index contributed by atoms with van der Waals surface area (Å²) in [4.78, 5) is 0. The zero-order chi connectivity index (χ0) is 19.3. The maximum atomic E-state index is 15.0. The standard InChI is InChI=1S/C19H26ClF2NO2S/c1-17(2,26(23)24)10-14(18-4-6-19(22,11-18)7-5-18)13-8-12(25-3)9-15(20)16(13)21/h8-9,14H,4-7,10-11,23H2,1-3H3/t14-,18?,19?,26?/m1/s1. The van der Waals surface area contributed by atoms with E-state index in [0.717, 1.165) is 0 Å². The molecular weight excluding hydrogens is 380 g/mol. The molecule has 0 spiro atoms. The number of hydrogen-bond acceptors (Lipinski definition) is 2. The van der Waals surface area contributed by atoms with Gasteiger partial charge in [0.15, 0.2) is 0 Å². The van der Waals surface area contributed by atoms with Gasteiger partial charge in [0, 0.05) is 6.07 Å². The minimum Gasteiger partial charge on any atom is -0.497 e. The van der Waals surface area contributed by atoms with Crippen molar-refractivity contribution in [3.63, 3.8) is 0 Å². The average molecular weight is 406 g/mol. The van der Waals surface area contributed by atoms with Crippen molar-refractivity contribution in [3.8, 4) is 5.75 Å². The first-order valence-corrected chi connectivity index (χ1v) is 10.5. The maximum absolute atomic E-state index is 15.0. The minimum atomic E-state index is -1.59. The first-order valence-electron chi connectivity index (χ1n) is 8.90. The van der Waals surface area contributed by atoms with Crippen molar-refractivity contribution < 1.29 is 17.7 Å². The van der Waals surface area contributed by atoms with E-state index < -0.39 is 27.2 Å². The molecule has 0 amide bonds. The van der Waals surface area contributed by atoms with Crippen LogP contribution in [0.3, 0.4) is 0 Å². The van der Waals surface area contributed by atoms with Crippen molar-refractivity contribution in [1.29, 1.82) is 0 Å². The van der Waals surface area contributed by atoms with Crippen LogP contribution < -0.4 is 9.88 Å². The van der Waals surface area contributed by atoms with Gasteiger partial charge in [0.25, 0.3) is 0 Å². The van der Waals surface area contributed by atoms with Crippen molar-refractivity contribution in [2.24, 2.45) is 10.6 Å². The van der Waals surface area contributed by atoms with Crippen LogP contribution in [0.2, 0.25) is 5.02 Å². The van der Waals surface area contributed by atoms with Gasteiger partial charge >= 0.3 is 0 Å². The third-order valence-electron chi connectivity index (χ3n) is 6.43. The van der Waals surface area contributed by atoms with Crippen LogP contribution in [0.25, 0.3) is 0 Å². The van der Waals surface area contributed by atoms with Crippen LogP contribution in [0.1, 0.15) is 63.9 Å². The highest BCUT2D eigenvalue weighted by Crippen LogP contribution is 2.65. The van der Waals surface area contributed by atoms with E-state index in [1.165, 1.54) is 13.2 Å². The van der Waals surface area contributed by atoms with Gasteiger partial charge in [-0.2, -0.15) is 0 Å². The smallest absolute Gasteiger partial charge is 0.145 e. The van der Waals surface area contributed by atoms with Gasteiger partial charge in [-0.25, -0.2) is 13.0 Å². The SMILES string of the molecule is COc1cc(Cl)c(F)c([C@@H](CC(C)(C)S(N)=O)C23CCC(F)(CC2)C3)c1. The van der Waals surface area contributed by atoms with Crippen LogP contribution in [0.5, 0.6) is 5.75 Å². The van der Waals surface area contributed by atoms with Crippen molar-refractivity contribution in [2.75, 3.05) is 7.11 Å². The summed E-state index contributed by atoms with van der Waals surface area (Å²) in [5, 5.41) is 5.68. The van der Waals surface area contributed by atoms with Crippen molar-refractivity contribution in [1.82, 2.24) is 0 Å². The van der Waals surface area contributed by atoms with Gasteiger partial charge in [-0.15, -0.1) is 0 Å². The second-order valence-corrected chi connectivity index (χ2v) is 10.6. The molecule has 0 aromatic heterocycles.